The van der Waals surface area contributed by atoms with E-state index in [1.165, 1.54) is 4.88 Å². The second-order valence-corrected chi connectivity index (χ2v) is 5.03. The van der Waals surface area contributed by atoms with Crippen LogP contribution in [0.4, 0.5) is 0 Å². The molecule has 1 aromatic carbocycles. The summed E-state index contributed by atoms with van der Waals surface area (Å²) in [6.45, 7) is 2.02. The van der Waals surface area contributed by atoms with Gasteiger partial charge in [-0.3, -0.25) is 0 Å². The zero-order chi connectivity index (χ0) is 10.8. The molecule has 2 aromatic rings. The fraction of sp³-hybridized carbons (Fsp3) is 0.182. The van der Waals surface area contributed by atoms with E-state index in [0.29, 0.717) is 0 Å². The number of benzene rings is 1. The van der Waals surface area contributed by atoms with Crippen molar-refractivity contribution in [1.29, 1.82) is 0 Å². The van der Waals surface area contributed by atoms with Gasteiger partial charge in [-0.15, -0.1) is 11.3 Å². The molecule has 78 valence electrons. The van der Waals surface area contributed by atoms with E-state index < -0.39 is 0 Å². The molecule has 0 atom stereocenters. The van der Waals surface area contributed by atoms with Crippen LogP contribution in [0.25, 0.3) is 10.6 Å². The van der Waals surface area contributed by atoms with Gasteiger partial charge in [-0.25, -0.2) is 4.98 Å². The summed E-state index contributed by atoms with van der Waals surface area (Å²) in [5, 5.41) is 1.79. The first-order valence-electron chi connectivity index (χ1n) is 4.54. The van der Waals surface area contributed by atoms with E-state index in [4.69, 9.17) is 11.6 Å². The van der Waals surface area contributed by atoms with Crippen LogP contribution in [0, 0.1) is 6.92 Å². The van der Waals surface area contributed by atoms with Crippen LogP contribution >= 0.6 is 35.6 Å². The number of rotatable bonds is 2. The van der Waals surface area contributed by atoms with Crippen LogP contribution in [0.5, 0.6) is 0 Å². The summed E-state index contributed by atoms with van der Waals surface area (Å²) in [5.41, 5.74) is 2.18. The van der Waals surface area contributed by atoms with Crippen molar-refractivity contribution in [2.45, 2.75) is 12.7 Å². The highest BCUT2D eigenvalue weighted by atomic mass is 35.5. The first-order valence-corrected chi connectivity index (χ1v) is 6.36. The van der Waals surface area contributed by atoms with E-state index in [9.17, 15) is 0 Å². The number of nitrogens with zero attached hydrogens (tertiary/aromatic N) is 1. The van der Waals surface area contributed by atoms with Crippen molar-refractivity contribution in [2.75, 3.05) is 0 Å². The third-order valence-electron chi connectivity index (χ3n) is 2.13. The van der Waals surface area contributed by atoms with E-state index in [-0.39, 0.29) is 0 Å². The van der Waals surface area contributed by atoms with E-state index in [0.717, 1.165) is 27.0 Å². The van der Waals surface area contributed by atoms with E-state index >= 15 is 0 Å². The lowest BCUT2D eigenvalue weighted by Gasteiger charge is -1.95. The number of aromatic nitrogens is 1. The van der Waals surface area contributed by atoms with Gasteiger partial charge in [0.05, 0.1) is 5.69 Å². The molecule has 2 rings (SSSR count). The molecule has 1 heterocycles. The smallest absolute Gasteiger partial charge is 0.123 e. The fourth-order valence-electron chi connectivity index (χ4n) is 1.29. The molecule has 0 fully saturated rings. The highest BCUT2D eigenvalue weighted by Crippen LogP contribution is 2.29. The first kappa shape index (κ1) is 11.0. The molecule has 0 radical (unpaired) electrons. The second kappa shape index (κ2) is 4.56. The molecule has 1 aromatic heterocycles. The SMILES string of the molecule is Cc1nc(-c2ccc(Cl)cc2)sc1CS. The van der Waals surface area contributed by atoms with E-state index in [1.807, 2.05) is 31.2 Å². The number of hydrogen-bond donors (Lipinski definition) is 1. The van der Waals surface area contributed by atoms with Crippen LogP contribution in [0.2, 0.25) is 5.02 Å². The van der Waals surface area contributed by atoms with Gasteiger partial charge in [0.2, 0.25) is 0 Å². The summed E-state index contributed by atoms with van der Waals surface area (Å²) in [6, 6.07) is 7.74. The number of thiol groups is 1. The lowest BCUT2D eigenvalue weighted by molar-refractivity contribution is 1.22. The molecule has 0 N–H and O–H groups in total. The Kier molecular flexibility index (Phi) is 3.34. The number of thiazole rings is 1. The van der Waals surface area contributed by atoms with Crippen LogP contribution in [0.3, 0.4) is 0 Å². The summed E-state index contributed by atoms with van der Waals surface area (Å²) in [5.74, 6) is 0.747. The zero-order valence-electron chi connectivity index (χ0n) is 8.20. The molecule has 0 saturated heterocycles. The number of hydrogen-bond acceptors (Lipinski definition) is 3. The Hall–Kier alpha value is -0.510. The van der Waals surface area contributed by atoms with E-state index in [1.54, 1.807) is 11.3 Å². The summed E-state index contributed by atoms with van der Waals surface area (Å²) >= 11 is 11.8. The Bertz CT molecular complexity index is 462. The molecular formula is C11H10ClNS2. The quantitative estimate of drug-likeness (QED) is 0.794. The minimum atomic E-state index is 0.747. The summed E-state index contributed by atoms with van der Waals surface area (Å²) < 4.78 is 0. The monoisotopic (exact) mass is 255 g/mol. The lowest BCUT2D eigenvalue weighted by atomic mass is 10.2. The molecule has 0 saturated carbocycles. The molecule has 1 nitrogen and oxygen atoms in total. The molecular weight excluding hydrogens is 246 g/mol. The van der Waals surface area contributed by atoms with Crippen LogP contribution < -0.4 is 0 Å². The summed E-state index contributed by atoms with van der Waals surface area (Å²) in [7, 11) is 0. The molecule has 0 amide bonds. The Balaban J connectivity index is 2.41. The van der Waals surface area contributed by atoms with Crippen molar-refractivity contribution in [3.05, 3.63) is 39.9 Å². The van der Waals surface area contributed by atoms with Gasteiger partial charge >= 0.3 is 0 Å². The molecule has 0 bridgehead atoms. The average Bonchev–Trinajstić information content (AvgIpc) is 2.61. The third-order valence-corrected chi connectivity index (χ3v) is 4.12. The lowest BCUT2D eigenvalue weighted by Crippen LogP contribution is -1.77. The van der Waals surface area contributed by atoms with Crippen molar-refractivity contribution in [2.24, 2.45) is 0 Å². The van der Waals surface area contributed by atoms with Crippen LogP contribution in [0.1, 0.15) is 10.6 Å². The standard InChI is InChI=1S/C11H10ClNS2/c1-7-10(6-14)15-11(13-7)8-2-4-9(12)5-3-8/h2-5,14H,6H2,1H3. The normalized spacial score (nSPS) is 10.6. The first-order chi connectivity index (χ1) is 7.20. The minimum Gasteiger partial charge on any atom is -0.241 e. The van der Waals surface area contributed by atoms with Crippen LogP contribution in [-0.2, 0) is 5.75 Å². The van der Waals surface area contributed by atoms with Gasteiger partial charge in [-0.05, 0) is 19.1 Å². The molecule has 0 aliphatic rings. The third kappa shape index (κ3) is 2.36. The molecule has 15 heavy (non-hydrogen) atoms. The maximum Gasteiger partial charge on any atom is 0.123 e. The molecule has 0 unspecified atom stereocenters. The predicted molar refractivity (Wildman–Crippen MR) is 70.0 cm³/mol. The number of aryl methyl sites for hydroxylation is 1. The molecule has 0 aliphatic heterocycles. The largest absolute Gasteiger partial charge is 0.241 e. The van der Waals surface area contributed by atoms with Crippen molar-refractivity contribution >= 4 is 35.6 Å². The summed E-state index contributed by atoms with van der Waals surface area (Å²) in [6.07, 6.45) is 0. The predicted octanol–water partition coefficient (Wildman–Crippen LogP) is 4.20. The van der Waals surface area contributed by atoms with Gasteiger partial charge in [0.15, 0.2) is 0 Å². The van der Waals surface area contributed by atoms with Gasteiger partial charge in [-0.2, -0.15) is 12.6 Å². The second-order valence-electron chi connectivity index (χ2n) is 3.19. The molecule has 4 heteroatoms. The van der Waals surface area contributed by atoms with E-state index in [2.05, 4.69) is 17.6 Å². The van der Waals surface area contributed by atoms with Crippen LogP contribution in [-0.4, -0.2) is 4.98 Å². The Morgan fingerprint density at radius 1 is 1.33 bits per heavy atom. The maximum absolute atomic E-state index is 5.83. The highest BCUT2D eigenvalue weighted by molar-refractivity contribution is 7.79. The van der Waals surface area contributed by atoms with Crippen molar-refractivity contribution in [1.82, 2.24) is 4.98 Å². The Morgan fingerprint density at radius 2 is 2.00 bits per heavy atom. The number of halogens is 1. The molecule has 0 spiro atoms. The van der Waals surface area contributed by atoms with Crippen molar-refractivity contribution in [3.8, 4) is 10.6 Å². The minimum absolute atomic E-state index is 0.747. The van der Waals surface area contributed by atoms with Gasteiger partial charge in [0.1, 0.15) is 5.01 Å². The van der Waals surface area contributed by atoms with Crippen LogP contribution in [0.15, 0.2) is 24.3 Å². The van der Waals surface area contributed by atoms with Gasteiger partial charge in [-0.1, -0.05) is 23.7 Å². The van der Waals surface area contributed by atoms with Crippen molar-refractivity contribution < 1.29 is 0 Å². The maximum atomic E-state index is 5.83. The molecule has 0 aliphatic carbocycles. The topological polar surface area (TPSA) is 12.9 Å². The summed E-state index contributed by atoms with van der Waals surface area (Å²) in [4.78, 5) is 5.73. The average molecular weight is 256 g/mol. The van der Waals surface area contributed by atoms with Crippen molar-refractivity contribution in [3.63, 3.8) is 0 Å². The Labute approximate surface area is 104 Å². The zero-order valence-corrected chi connectivity index (χ0v) is 10.7. The van der Waals surface area contributed by atoms with Gasteiger partial charge in [0, 0.05) is 21.2 Å². The fourth-order valence-corrected chi connectivity index (χ4v) is 2.77. The Morgan fingerprint density at radius 3 is 2.53 bits per heavy atom. The van der Waals surface area contributed by atoms with Gasteiger partial charge in [0.25, 0.3) is 0 Å². The van der Waals surface area contributed by atoms with Gasteiger partial charge < -0.3 is 0 Å². The highest BCUT2D eigenvalue weighted by Gasteiger charge is 2.07.